The Morgan fingerprint density at radius 2 is 1.36 bits per heavy atom. The first-order valence-corrected chi connectivity index (χ1v) is 10.9. The van der Waals surface area contributed by atoms with Crippen molar-refractivity contribution < 1.29 is 13.0 Å². The van der Waals surface area contributed by atoms with Crippen LogP contribution < -0.4 is 0 Å². The molecule has 0 radical (unpaired) electrons. The molecule has 0 saturated carbocycles. The van der Waals surface area contributed by atoms with Crippen LogP contribution in [0.2, 0.25) is 0 Å². The molecular weight excluding hydrogens is 332 g/mol. The molecule has 0 aliphatic heterocycles. The third kappa shape index (κ3) is 6.79. The summed E-state index contributed by atoms with van der Waals surface area (Å²) in [5.74, 6) is 0. The molecule has 0 heterocycles. The van der Waals surface area contributed by atoms with Gasteiger partial charge in [-0.15, -0.1) is 0 Å². The van der Waals surface area contributed by atoms with Gasteiger partial charge in [-0.2, -0.15) is 8.42 Å². The Morgan fingerprint density at radius 3 is 2.00 bits per heavy atom. The monoisotopic (exact) mass is 362 g/mol. The lowest BCUT2D eigenvalue weighted by Gasteiger charge is -2.06. The van der Waals surface area contributed by atoms with Crippen molar-refractivity contribution in [2.24, 2.45) is 0 Å². The Labute approximate surface area is 152 Å². The minimum absolute atomic E-state index is 0.0415. The van der Waals surface area contributed by atoms with Crippen LogP contribution in [0.15, 0.2) is 41.3 Å². The number of fused-ring (bicyclic) bond motifs is 1. The highest BCUT2D eigenvalue weighted by atomic mass is 32.2. The zero-order chi connectivity index (χ0) is 18.1. The van der Waals surface area contributed by atoms with Crippen LogP contribution in [0.1, 0.15) is 70.3 Å². The van der Waals surface area contributed by atoms with E-state index in [9.17, 15) is 13.0 Å². The molecule has 0 atom stereocenters. The van der Waals surface area contributed by atoms with E-state index in [0.29, 0.717) is 0 Å². The van der Waals surface area contributed by atoms with Gasteiger partial charge >= 0.3 is 0 Å². The van der Waals surface area contributed by atoms with Gasteiger partial charge in [0.15, 0.2) is 0 Å². The molecule has 0 aliphatic rings. The highest BCUT2D eigenvalue weighted by molar-refractivity contribution is 7.85. The molecule has 138 valence electrons. The van der Waals surface area contributed by atoms with E-state index in [1.807, 2.05) is 12.1 Å². The predicted molar refractivity (Wildman–Crippen MR) is 105 cm³/mol. The highest BCUT2D eigenvalue weighted by Gasteiger charge is 2.09. The molecule has 3 nitrogen and oxygen atoms in total. The normalized spacial score (nSPS) is 11.9. The summed E-state index contributed by atoms with van der Waals surface area (Å²) in [6, 6.07) is 10.9. The number of hydrogen-bond acceptors (Lipinski definition) is 2. The second-order valence-electron chi connectivity index (χ2n) is 6.90. The van der Waals surface area contributed by atoms with Crippen LogP contribution in [0.25, 0.3) is 10.8 Å². The first kappa shape index (κ1) is 19.9. The molecule has 0 fully saturated rings. The van der Waals surface area contributed by atoms with Crippen LogP contribution in [0.4, 0.5) is 0 Å². The van der Waals surface area contributed by atoms with Crippen molar-refractivity contribution in [3.8, 4) is 0 Å². The average Bonchev–Trinajstić information content (AvgIpc) is 2.59. The van der Waals surface area contributed by atoms with Crippen molar-refractivity contribution in [2.75, 3.05) is 0 Å². The van der Waals surface area contributed by atoms with Gasteiger partial charge in [0.1, 0.15) is 0 Å². The summed E-state index contributed by atoms with van der Waals surface area (Å²) in [6.45, 7) is 2.25. The second-order valence-corrected chi connectivity index (χ2v) is 8.32. The van der Waals surface area contributed by atoms with Gasteiger partial charge in [-0.05, 0) is 41.3 Å². The van der Waals surface area contributed by atoms with Gasteiger partial charge in [-0.1, -0.05) is 82.6 Å². The van der Waals surface area contributed by atoms with Crippen molar-refractivity contribution in [1.82, 2.24) is 0 Å². The van der Waals surface area contributed by atoms with E-state index in [-0.39, 0.29) is 4.90 Å². The first-order chi connectivity index (χ1) is 12.0. The van der Waals surface area contributed by atoms with Gasteiger partial charge in [0.05, 0.1) is 4.90 Å². The first-order valence-electron chi connectivity index (χ1n) is 9.51. The zero-order valence-corrected chi connectivity index (χ0v) is 16.0. The lowest BCUT2D eigenvalue weighted by atomic mass is 10.0. The van der Waals surface area contributed by atoms with E-state index in [2.05, 4.69) is 13.0 Å². The third-order valence-corrected chi connectivity index (χ3v) is 5.59. The summed E-state index contributed by atoms with van der Waals surface area (Å²) in [4.78, 5) is -0.0415. The van der Waals surface area contributed by atoms with Gasteiger partial charge in [0.2, 0.25) is 0 Å². The molecule has 0 aliphatic carbocycles. The minimum atomic E-state index is -4.14. The maximum Gasteiger partial charge on any atom is 0.294 e. The largest absolute Gasteiger partial charge is 0.294 e. The summed E-state index contributed by atoms with van der Waals surface area (Å²) in [7, 11) is -4.14. The molecule has 0 saturated heterocycles. The molecule has 0 aromatic heterocycles. The lowest BCUT2D eigenvalue weighted by Crippen LogP contribution is -1.97. The Bertz CT molecular complexity index is 766. The second kappa shape index (κ2) is 9.93. The summed E-state index contributed by atoms with van der Waals surface area (Å²) in [5.41, 5.74) is 1.22. The number of unbranched alkanes of at least 4 members (excludes halogenated alkanes) is 8. The van der Waals surface area contributed by atoms with Crippen LogP contribution in [-0.2, 0) is 16.5 Å². The lowest BCUT2D eigenvalue weighted by molar-refractivity contribution is 0.483. The van der Waals surface area contributed by atoms with E-state index in [1.54, 1.807) is 12.1 Å². The van der Waals surface area contributed by atoms with Gasteiger partial charge in [0, 0.05) is 0 Å². The number of rotatable bonds is 11. The fourth-order valence-corrected chi connectivity index (χ4v) is 3.75. The van der Waals surface area contributed by atoms with Crippen molar-refractivity contribution in [1.29, 1.82) is 0 Å². The van der Waals surface area contributed by atoms with E-state index in [0.717, 1.165) is 17.2 Å². The van der Waals surface area contributed by atoms with Crippen LogP contribution in [-0.4, -0.2) is 13.0 Å². The van der Waals surface area contributed by atoms with Gasteiger partial charge in [-0.25, -0.2) is 0 Å². The van der Waals surface area contributed by atoms with E-state index >= 15 is 0 Å². The maximum atomic E-state index is 11.3. The van der Waals surface area contributed by atoms with Gasteiger partial charge in [-0.3, -0.25) is 4.55 Å². The number of hydrogen-bond donors (Lipinski definition) is 1. The maximum absolute atomic E-state index is 11.3. The number of benzene rings is 2. The van der Waals surface area contributed by atoms with Crippen LogP contribution >= 0.6 is 0 Å². The summed E-state index contributed by atoms with van der Waals surface area (Å²) >= 11 is 0. The molecule has 2 aromatic carbocycles. The number of aryl methyl sites for hydroxylation is 1. The van der Waals surface area contributed by atoms with E-state index in [4.69, 9.17) is 0 Å². The zero-order valence-electron chi connectivity index (χ0n) is 15.2. The van der Waals surface area contributed by atoms with Crippen molar-refractivity contribution in [2.45, 2.75) is 76.0 Å². The van der Waals surface area contributed by atoms with Crippen LogP contribution in [0.5, 0.6) is 0 Å². The average molecular weight is 363 g/mol. The minimum Gasteiger partial charge on any atom is -0.282 e. The summed E-state index contributed by atoms with van der Waals surface area (Å²) in [5, 5.41) is 1.85. The molecule has 4 heteroatoms. The molecule has 25 heavy (non-hydrogen) atoms. The molecule has 0 spiro atoms. The molecule has 0 amide bonds. The molecular formula is C21H30O3S. The van der Waals surface area contributed by atoms with Crippen LogP contribution in [0.3, 0.4) is 0 Å². The van der Waals surface area contributed by atoms with Gasteiger partial charge in [0.25, 0.3) is 10.1 Å². The summed E-state index contributed by atoms with van der Waals surface area (Å²) < 4.78 is 31.7. The fraction of sp³-hybridized carbons (Fsp3) is 0.524. The Balaban J connectivity index is 1.79. The molecule has 0 unspecified atom stereocenters. The quantitative estimate of drug-likeness (QED) is 0.385. The third-order valence-electron chi connectivity index (χ3n) is 4.74. The molecule has 0 bridgehead atoms. The summed E-state index contributed by atoms with van der Waals surface area (Å²) in [6.07, 6.45) is 12.8. The molecule has 2 aromatic rings. The Hall–Kier alpha value is -1.39. The van der Waals surface area contributed by atoms with Crippen molar-refractivity contribution >= 4 is 20.9 Å². The Kier molecular flexibility index (Phi) is 7.91. The van der Waals surface area contributed by atoms with E-state index < -0.39 is 10.1 Å². The SMILES string of the molecule is CCCCCCCCCCCc1ccc2ccc(S(=O)(=O)O)cc2c1. The standard InChI is InChI=1S/C21H30O3S/c1-2-3-4-5-6-7-8-9-10-11-18-12-13-19-14-15-21(25(22,23)24)17-20(19)16-18/h12-17H,2-11H2,1H3,(H,22,23,24). The predicted octanol–water partition coefficient (Wildman–Crippen LogP) is 6.16. The Morgan fingerprint density at radius 1 is 0.760 bits per heavy atom. The van der Waals surface area contributed by atoms with E-state index in [1.165, 1.54) is 69.4 Å². The topological polar surface area (TPSA) is 54.4 Å². The highest BCUT2D eigenvalue weighted by Crippen LogP contribution is 2.21. The van der Waals surface area contributed by atoms with Crippen molar-refractivity contribution in [3.05, 3.63) is 42.0 Å². The smallest absolute Gasteiger partial charge is 0.282 e. The van der Waals surface area contributed by atoms with Crippen molar-refractivity contribution in [3.63, 3.8) is 0 Å². The van der Waals surface area contributed by atoms with Crippen LogP contribution in [0, 0.1) is 0 Å². The van der Waals surface area contributed by atoms with Gasteiger partial charge < -0.3 is 0 Å². The molecule has 1 N–H and O–H groups in total. The molecule has 2 rings (SSSR count). The fourth-order valence-electron chi connectivity index (χ4n) is 3.23.